The maximum Gasteiger partial charge on any atom is 0.453 e. The van der Waals surface area contributed by atoms with E-state index in [0.29, 0.717) is 23.6 Å². The molecular weight excluding hydrogens is 602 g/mol. The standard InChI is InChI=1S/C34H46ClNO9/c1-23(36-21-28(37)25-11-9-13-27(35)20-25)18-24-10-8-12-26(19-24)29-22-44-34(45-29,30(38)40-14-16-42-32(2,3)4)31(39)41-15-17-43-33(5,6)7/h8-13,19-20,22-23,28,36-37H,14-18,21H2,1-7H3. The molecule has 2 N–H and O–H groups in total. The molecule has 0 fully saturated rings. The van der Waals surface area contributed by atoms with Crippen molar-refractivity contribution >= 4 is 29.3 Å². The van der Waals surface area contributed by atoms with Gasteiger partial charge in [0.15, 0.2) is 5.76 Å². The Balaban J connectivity index is 1.65. The van der Waals surface area contributed by atoms with Crippen LogP contribution in [0.4, 0.5) is 0 Å². The van der Waals surface area contributed by atoms with Crippen molar-refractivity contribution in [1.82, 2.24) is 5.32 Å². The largest absolute Gasteiger partial charge is 0.457 e. The summed E-state index contributed by atoms with van der Waals surface area (Å²) in [6.07, 6.45) is 1.13. The topological polar surface area (TPSA) is 122 Å². The maximum absolute atomic E-state index is 13.2. The highest BCUT2D eigenvalue weighted by Crippen LogP contribution is 2.34. The first-order chi connectivity index (χ1) is 21.1. The van der Waals surface area contributed by atoms with Crippen LogP contribution in [0, 0.1) is 0 Å². The van der Waals surface area contributed by atoms with Crippen molar-refractivity contribution in [3.63, 3.8) is 0 Å². The number of ether oxygens (including phenoxy) is 6. The van der Waals surface area contributed by atoms with Gasteiger partial charge in [-0.3, -0.25) is 0 Å². The van der Waals surface area contributed by atoms with Gasteiger partial charge in [-0.15, -0.1) is 0 Å². The number of benzene rings is 2. The summed E-state index contributed by atoms with van der Waals surface area (Å²) in [7, 11) is 0. The first-order valence-corrected chi connectivity index (χ1v) is 15.4. The second-order valence-corrected chi connectivity index (χ2v) is 13.2. The molecule has 3 rings (SSSR count). The van der Waals surface area contributed by atoms with Crippen LogP contribution in [0.2, 0.25) is 5.02 Å². The Morgan fingerprint density at radius 3 is 2.09 bits per heavy atom. The lowest BCUT2D eigenvalue weighted by Crippen LogP contribution is -2.50. The van der Waals surface area contributed by atoms with E-state index in [-0.39, 0.29) is 38.2 Å². The van der Waals surface area contributed by atoms with Crippen molar-refractivity contribution in [1.29, 1.82) is 0 Å². The molecule has 2 aromatic carbocycles. The zero-order valence-corrected chi connectivity index (χ0v) is 27.9. The summed E-state index contributed by atoms with van der Waals surface area (Å²) in [5, 5.41) is 14.5. The van der Waals surface area contributed by atoms with Crippen molar-refractivity contribution in [2.45, 2.75) is 84.0 Å². The third-order valence-electron chi connectivity index (χ3n) is 6.47. The van der Waals surface area contributed by atoms with Crippen molar-refractivity contribution < 1.29 is 43.1 Å². The van der Waals surface area contributed by atoms with Crippen LogP contribution in [0.3, 0.4) is 0 Å². The van der Waals surface area contributed by atoms with E-state index in [4.69, 9.17) is 40.0 Å². The molecule has 0 saturated heterocycles. The van der Waals surface area contributed by atoms with Gasteiger partial charge in [0.1, 0.15) is 19.5 Å². The fourth-order valence-electron chi connectivity index (χ4n) is 4.31. The molecule has 11 heteroatoms. The molecule has 2 atom stereocenters. The van der Waals surface area contributed by atoms with Crippen LogP contribution < -0.4 is 5.32 Å². The highest BCUT2D eigenvalue weighted by atomic mass is 35.5. The van der Waals surface area contributed by atoms with Crippen LogP contribution in [0.1, 0.15) is 71.3 Å². The quantitative estimate of drug-likeness (QED) is 0.149. The molecule has 2 aromatic rings. The highest BCUT2D eigenvalue weighted by Gasteiger charge is 2.58. The van der Waals surface area contributed by atoms with Crippen molar-refractivity contribution in [3.8, 4) is 0 Å². The van der Waals surface area contributed by atoms with Crippen molar-refractivity contribution in [2.75, 3.05) is 33.0 Å². The number of carbonyl (C=O) groups is 2. The Hall–Kier alpha value is -3.15. The second kappa shape index (κ2) is 15.9. The van der Waals surface area contributed by atoms with Crippen molar-refractivity contribution in [3.05, 3.63) is 76.5 Å². The SMILES string of the molecule is CC(Cc1cccc(C2=COC(C(=O)OCCOC(C)(C)C)(C(=O)OCCOC(C)(C)C)O2)c1)NCC(O)c1cccc(Cl)c1. The first kappa shape index (κ1) is 36.3. The van der Waals surface area contributed by atoms with Gasteiger partial charge in [0.05, 0.1) is 30.5 Å². The molecule has 0 spiro atoms. The Morgan fingerprint density at radius 1 is 0.911 bits per heavy atom. The van der Waals surface area contributed by atoms with E-state index in [1.54, 1.807) is 24.3 Å². The Kier molecular flexibility index (Phi) is 12.8. The van der Waals surface area contributed by atoms with E-state index in [1.165, 1.54) is 6.26 Å². The number of hydrogen-bond donors (Lipinski definition) is 2. The molecule has 0 radical (unpaired) electrons. The molecule has 0 aromatic heterocycles. The van der Waals surface area contributed by atoms with Gasteiger partial charge in [-0.1, -0.05) is 41.9 Å². The highest BCUT2D eigenvalue weighted by molar-refractivity contribution is 6.30. The van der Waals surface area contributed by atoms with E-state index >= 15 is 0 Å². The summed E-state index contributed by atoms with van der Waals surface area (Å²) in [5.74, 6) is -4.42. The Morgan fingerprint density at radius 2 is 1.51 bits per heavy atom. The minimum Gasteiger partial charge on any atom is -0.457 e. The lowest BCUT2D eigenvalue weighted by molar-refractivity contribution is -0.217. The summed E-state index contributed by atoms with van der Waals surface area (Å²) < 4.78 is 33.4. The number of halogens is 1. The van der Waals surface area contributed by atoms with Gasteiger partial charge < -0.3 is 38.8 Å². The van der Waals surface area contributed by atoms with Crippen molar-refractivity contribution in [2.24, 2.45) is 0 Å². The van der Waals surface area contributed by atoms with Crippen LogP contribution in [0.5, 0.6) is 0 Å². The number of rotatable bonds is 15. The molecule has 1 aliphatic rings. The molecule has 1 aliphatic heterocycles. The molecule has 2 unspecified atom stereocenters. The number of carbonyl (C=O) groups excluding carboxylic acids is 2. The lowest BCUT2D eigenvalue weighted by Gasteiger charge is -2.25. The molecule has 0 bridgehead atoms. The monoisotopic (exact) mass is 647 g/mol. The number of hydrogen-bond acceptors (Lipinski definition) is 10. The van der Waals surface area contributed by atoms with E-state index in [9.17, 15) is 14.7 Å². The van der Waals surface area contributed by atoms with E-state index in [0.717, 1.165) is 11.1 Å². The van der Waals surface area contributed by atoms with Gasteiger partial charge in [-0.2, -0.15) is 0 Å². The zero-order valence-electron chi connectivity index (χ0n) is 27.2. The van der Waals surface area contributed by atoms with Gasteiger partial charge in [0.25, 0.3) is 0 Å². The summed E-state index contributed by atoms with van der Waals surface area (Å²) >= 11 is 6.05. The third-order valence-corrected chi connectivity index (χ3v) is 6.71. The average Bonchev–Trinajstić information content (AvgIpc) is 3.42. The summed E-state index contributed by atoms with van der Waals surface area (Å²) in [4.78, 5) is 26.5. The first-order valence-electron chi connectivity index (χ1n) is 15.0. The fourth-order valence-corrected chi connectivity index (χ4v) is 4.50. The molecule has 45 heavy (non-hydrogen) atoms. The number of nitrogens with one attached hydrogen (secondary N) is 1. The fraction of sp³-hybridized carbons (Fsp3) is 0.529. The van der Waals surface area contributed by atoms with E-state index in [1.807, 2.05) is 72.7 Å². The lowest BCUT2D eigenvalue weighted by atomic mass is 10.0. The summed E-state index contributed by atoms with van der Waals surface area (Å²) in [6.45, 7) is 13.6. The van der Waals surface area contributed by atoms with Gasteiger partial charge in [-0.05, 0) is 84.2 Å². The third kappa shape index (κ3) is 11.6. The number of aliphatic hydroxyl groups is 1. The van der Waals surface area contributed by atoms with Crippen LogP contribution in [-0.4, -0.2) is 73.0 Å². The molecule has 1 heterocycles. The summed E-state index contributed by atoms with van der Waals surface area (Å²) in [6, 6.07) is 14.6. The Labute approximate surface area is 270 Å². The molecule has 0 saturated carbocycles. The van der Waals surface area contributed by atoms with Gasteiger partial charge in [0.2, 0.25) is 0 Å². The normalized spacial score (nSPS) is 15.8. The van der Waals surface area contributed by atoms with Crippen LogP contribution in [0.25, 0.3) is 5.76 Å². The zero-order chi connectivity index (χ0) is 33.3. The molecule has 0 aliphatic carbocycles. The smallest absolute Gasteiger partial charge is 0.453 e. The van der Waals surface area contributed by atoms with Gasteiger partial charge >= 0.3 is 17.7 Å². The maximum atomic E-state index is 13.2. The van der Waals surface area contributed by atoms with E-state index in [2.05, 4.69) is 5.32 Å². The van der Waals surface area contributed by atoms with Gasteiger partial charge in [-0.25, -0.2) is 9.59 Å². The number of esters is 2. The molecule has 10 nitrogen and oxygen atoms in total. The Bertz CT molecular complexity index is 1280. The number of aliphatic hydroxyl groups excluding tert-OH is 1. The van der Waals surface area contributed by atoms with Crippen LogP contribution in [0.15, 0.2) is 54.8 Å². The molecule has 0 amide bonds. The molecular formula is C34H46ClNO9. The van der Waals surface area contributed by atoms with Gasteiger partial charge in [0, 0.05) is 23.2 Å². The van der Waals surface area contributed by atoms with Crippen LogP contribution >= 0.6 is 11.6 Å². The van der Waals surface area contributed by atoms with E-state index < -0.39 is 35.0 Å². The minimum atomic E-state index is -2.47. The summed E-state index contributed by atoms with van der Waals surface area (Å²) in [5.41, 5.74) is 1.42. The average molecular weight is 648 g/mol. The molecule has 248 valence electrons. The van der Waals surface area contributed by atoms with Crippen LogP contribution in [-0.2, 0) is 44.4 Å². The second-order valence-electron chi connectivity index (χ2n) is 12.8. The predicted molar refractivity (Wildman–Crippen MR) is 170 cm³/mol. The minimum absolute atomic E-state index is 0.0125. The predicted octanol–water partition coefficient (Wildman–Crippen LogP) is 5.35.